The van der Waals surface area contributed by atoms with E-state index in [1.807, 2.05) is 18.2 Å². The van der Waals surface area contributed by atoms with E-state index in [0.717, 1.165) is 48.5 Å². The summed E-state index contributed by atoms with van der Waals surface area (Å²) in [6.07, 6.45) is 0. The van der Waals surface area contributed by atoms with E-state index in [1.54, 1.807) is 12.1 Å². The Hall–Kier alpha value is -2.77. The smallest absolute Gasteiger partial charge is 0.269 e. The van der Waals surface area contributed by atoms with Crippen molar-refractivity contribution >= 4 is 22.4 Å². The van der Waals surface area contributed by atoms with Crippen molar-refractivity contribution in [1.29, 1.82) is 0 Å². The predicted molar refractivity (Wildman–Crippen MR) is 100 cm³/mol. The summed E-state index contributed by atoms with van der Waals surface area (Å²) in [6.45, 7) is 4.05. The van der Waals surface area contributed by atoms with Gasteiger partial charge in [-0.2, -0.15) is 0 Å². The highest BCUT2D eigenvalue weighted by atomic mass is 35.5. The summed E-state index contributed by atoms with van der Waals surface area (Å²) < 4.78 is 0. The van der Waals surface area contributed by atoms with E-state index in [2.05, 4.69) is 23.0 Å². The number of nitrogens with zero attached hydrogens (tertiary/aromatic N) is 4. The summed E-state index contributed by atoms with van der Waals surface area (Å²) in [5.74, 6) is 1.54. The topological polar surface area (TPSA) is 76.6 Å². The molecule has 4 rings (SSSR count). The van der Waals surface area contributed by atoms with Crippen molar-refractivity contribution in [3.8, 4) is 11.4 Å². The van der Waals surface area contributed by atoms with Gasteiger partial charge >= 0.3 is 0 Å². The minimum absolute atomic E-state index is 0. The van der Waals surface area contributed by atoms with Gasteiger partial charge in [0.25, 0.3) is 5.69 Å². The van der Waals surface area contributed by atoms with E-state index in [4.69, 9.17) is 4.98 Å². The molecule has 0 spiro atoms. The fraction of sp³-hybridized carbons (Fsp3) is 0.263. The maximum absolute atomic E-state index is 10.9. The number of nitrogens with one attached hydrogen (secondary N) is 1. The number of aromatic nitrogens is 2. The van der Waals surface area contributed by atoms with Crippen molar-refractivity contribution in [3.63, 3.8) is 0 Å². The van der Waals surface area contributed by atoms with Gasteiger partial charge in [-0.25, -0.2) is 9.97 Å². The lowest BCUT2D eigenvalue weighted by molar-refractivity contribution is -0.880. The normalized spacial score (nSPS) is 14.8. The summed E-state index contributed by atoms with van der Waals surface area (Å²) in [7, 11) is 2.21. The second kappa shape index (κ2) is 7.85. The molecule has 0 amide bonds. The molecule has 1 aliphatic rings. The molecule has 27 heavy (non-hydrogen) atoms. The Kier molecular flexibility index (Phi) is 5.53. The highest BCUT2D eigenvalue weighted by molar-refractivity contribution is 5.91. The van der Waals surface area contributed by atoms with E-state index in [-0.39, 0.29) is 18.1 Å². The molecule has 1 aliphatic heterocycles. The second-order valence-electron chi connectivity index (χ2n) is 6.64. The van der Waals surface area contributed by atoms with Crippen molar-refractivity contribution in [2.75, 3.05) is 38.1 Å². The highest BCUT2D eigenvalue weighted by Gasteiger charge is 2.21. The fourth-order valence-electron chi connectivity index (χ4n) is 3.26. The zero-order chi connectivity index (χ0) is 18.1. The number of nitro groups is 1. The van der Waals surface area contributed by atoms with Gasteiger partial charge in [0.05, 0.1) is 43.7 Å². The molecule has 7 nitrogen and oxygen atoms in total. The molecule has 3 aromatic rings. The Labute approximate surface area is 163 Å². The van der Waals surface area contributed by atoms with Gasteiger partial charge in [-0.1, -0.05) is 12.1 Å². The summed E-state index contributed by atoms with van der Waals surface area (Å²) in [4.78, 5) is 23.8. The highest BCUT2D eigenvalue weighted by Crippen LogP contribution is 2.28. The maximum Gasteiger partial charge on any atom is 0.269 e. The predicted octanol–water partition coefficient (Wildman–Crippen LogP) is -1.46. The summed E-state index contributed by atoms with van der Waals surface area (Å²) >= 11 is 0. The zero-order valence-electron chi connectivity index (χ0n) is 14.9. The van der Waals surface area contributed by atoms with Gasteiger partial charge in [0.15, 0.2) is 5.82 Å². The minimum Gasteiger partial charge on any atom is -1.00 e. The van der Waals surface area contributed by atoms with Gasteiger partial charge in [0, 0.05) is 23.1 Å². The van der Waals surface area contributed by atoms with Crippen molar-refractivity contribution in [2.45, 2.75) is 0 Å². The van der Waals surface area contributed by atoms with Gasteiger partial charge < -0.3 is 22.2 Å². The number of rotatable bonds is 3. The van der Waals surface area contributed by atoms with Crippen LogP contribution >= 0.6 is 0 Å². The fourth-order valence-corrected chi connectivity index (χ4v) is 3.26. The third-order valence-electron chi connectivity index (χ3n) is 4.84. The molecule has 0 radical (unpaired) electrons. The summed E-state index contributed by atoms with van der Waals surface area (Å²) in [6, 6.07) is 14.4. The quantitative estimate of drug-likeness (QED) is 0.441. The van der Waals surface area contributed by atoms with Gasteiger partial charge in [0.2, 0.25) is 0 Å². The lowest BCUT2D eigenvalue weighted by Gasteiger charge is -2.31. The third kappa shape index (κ3) is 3.84. The number of para-hydroxylation sites is 1. The van der Waals surface area contributed by atoms with Crippen molar-refractivity contribution in [2.24, 2.45) is 0 Å². The molecular formula is C19H20ClN5O2. The Morgan fingerprint density at radius 1 is 1.04 bits per heavy atom. The number of hydrogen-bond donors (Lipinski definition) is 1. The number of halogens is 1. The van der Waals surface area contributed by atoms with E-state index in [0.29, 0.717) is 5.82 Å². The number of benzene rings is 2. The largest absolute Gasteiger partial charge is 1.00 e. The maximum atomic E-state index is 10.9. The molecule has 0 saturated carbocycles. The first kappa shape index (κ1) is 19.0. The molecule has 2 aromatic carbocycles. The Morgan fingerprint density at radius 3 is 2.37 bits per heavy atom. The number of fused-ring (bicyclic) bond motifs is 1. The molecule has 2 heterocycles. The lowest BCUT2D eigenvalue weighted by atomic mass is 10.1. The number of piperazine rings is 1. The SMILES string of the molecule is C[NH+]1CCN(c2nc(-c3ccc([N+](=O)[O-])cc3)nc3ccccc23)CC1.[Cl-]. The van der Waals surface area contributed by atoms with Crippen LogP contribution in [0.4, 0.5) is 11.5 Å². The number of quaternary nitrogens is 1. The number of nitro benzene ring substituents is 1. The third-order valence-corrected chi connectivity index (χ3v) is 4.84. The van der Waals surface area contributed by atoms with Crippen LogP contribution in [0.1, 0.15) is 0 Å². The second-order valence-corrected chi connectivity index (χ2v) is 6.64. The van der Waals surface area contributed by atoms with Crippen LogP contribution in [0.5, 0.6) is 0 Å². The van der Waals surface area contributed by atoms with Gasteiger partial charge in [-0.05, 0) is 24.3 Å². The van der Waals surface area contributed by atoms with Crippen LogP contribution in [0.15, 0.2) is 48.5 Å². The van der Waals surface area contributed by atoms with E-state index in [1.165, 1.54) is 17.0 Å². The minimum atomic E-state index is -0.400. The summed E-state index contributed by atoms with van der Waals surface area (Å²) in [5.41, 5.74) is 1.73. The molecular weight excluding hydrogens is 366 g/mol. The van der Waals surface area contributed by atoms with Crippen LogP contribution in [-0.4, -0.2) is 48.1 Å². The Balaban J connectivity index is 0.00000210. The van der Waals surface area contributed by atoms with E-state index < -0.39 is 4.92 Å². The van der Waals surface area contributed by atoms with Crippen LogP contribution < -0.4 is 22.2 Å². The lowest BCUT2D eigenvalue weighted by Crippen LogP contribution is -3.12. The number of anilines is 1. The van der Waals surface area contributed by atoms with Crippen molar-refractivity contribution < 1.29 is 22.2 Å². The number of hydrogen-bond acceptors (Lipinski definition) is 5. The van der Waals surface area contributed by atoms with Crippen LogP contribution in [0, 0.1) is 10.1 Å². The monoisotopic (exact) mass is 385 g/mol. The molecule has 1 aromatic heterocycles. The van der Waals surface area contributed by atoms with Gasteiger partial charge in [-0.3, -0.25) is 10.1 Å². The molecule has 0 aliphatic carbocycles. The van der Waals surface area contributed by atoms with E-state index >= 15 is 0 Å². The number of likely N-dealkylation sites (N-methyl/N-ethyl adjacent to an activating group) is 1. The molecule has 1 fully saturated rings. The Bertz CT molecular complexity index is 956. The molecule has 1 N–H and O–H groups in total. The first-order valence-corrected chi connectivity index (χ1v) is 8.70. The molecule has 1 saturated heterocycles. The average Bonchev–Trinajstić information content (AvgIpc) is 2.68. The van der Waals surface area contributed by atoms with Crippen LogP contribution in [0.3, 0.4) is 0 Å². The molecule has 0 unspecified atom stereocenters. The molecule has 0 bridgehead atoms. The molecule has 140 valence electrons. The first-order valence-electron chi connectivity index (χ1n) is 8.70. The molecule has 0 atom stereocenters. The first-order chi connectivity index (χ1) is 12.6. The average molecular weight is 386 g/mol. The summed E-state index contributed by atoms with van der Waals surface area (Å²) in [5, 5.41) is 11.9. The van der Waals surface area contributed by atoms with Gasteiger partial charge in [-0.15, -0.1) is 0 Å². The van der Waals surface area contributed by atoms with Crippen LogP contribution in [0.2, 0.25) is 0 Å². The zero-order valence-corrected chi connectivity index (χ0v) is 15.7. The Morgan fingerprint density at radius 2 is 1.70 bits per heavy atom. The van der Waals surface area contributed by atoms with Crippen molar-refractivity contribution in [3.05, 3.63) is 58.6 Å². The van der Waals surface area contributed by atoms with Crippen molar-refractivity contribution in [1.82, 2.24) is 9.97 Å². The van der Waals surface area contributed by atoms with Gasteiger partial charge in [0.1, 0.15) is 5.82 Å². The number of non-ortho nitro benzene ring substituents is 1. The standard InChI is InChI=1S/C19H19N5O2.ClH/c1-22-10-12-23(13-11-22)19-16-4-2-3-5-17(16)20-18(21-19)14-6-8-15(9-7-14)24(25)26;/h2-9H,10-13H2,1H3;1H. The van der Waals surface area contributed by atoms with E-state index in [9.17, 15) is 10.1 Å². The van der Waals surface area contributed by atoms with Crippen LogP contribution in [0.25, 0.3) is 22.3 Å². The van der Waals surface area contributed by atoms with Crippen LogP contribution in [-0.2, 0) is 0 Å². The molecule has 8 heteroatoms.